The predicted octanol–water partition coefficient (Wildman–Crippen LogP) is 3.44. The Balaban J connectivity index is 1.47. The number of carboxylic acid groups (broad SMARTS) is 1. The zero-order valence-electron chi connectivity index (χ0n) is 16.0. The molecule has 148 valence electrons. The highest BCUT2D eigenvalue weighted by atomic mass is 16.6. The van der Waals surface area contributed by atoms with Crippen LogP contribution in [0.1, 0.15) is 46.5 Å². The van der Waals surface area contributed by atoms with Gasteiger partial charge in [0.25, 0.3) is 5.82 Å². The maximum atomic E-state index is 12.6. The maximum absolute atomic E-state index is 12.6. The van der Waals surface area contributed by atoms with Gasteiger partial charge in [-0.05, 0) is 29.2 Å². The number of rotatable bonds is 5. The van der Waals surface area contributed by atoms with Gasteiger partial charge in [-0.15, -0.1) is 5.10 Å². The number of hydrogen-bond donors (Lipinski definition) is 2. The van der Waals surface area contributed by atoms with Crippen LogP contribution in [-0.4, -0.2) is 50.9 Å². The molecule has 1 heterocycles. The molecule has 1 aromatic heterocycles. The van der Waals surface area contributed by atoms with Gasteiger partial charge in [0.05, 0.1) is 6.04 Å². The molecule has 0 saturated heterocycles. The number of carboxylic acids is 1. The number of ether oxygens (including phenoxy) is 1. The van der Waals surface area contributed by atoms with Crippen LogP contribution in [-0.2, 0) is 4.74 Å². The molecule has 1 unspecified atom stereocenters. The monoisotopic (exact) mass is 392 g/mol. The van der Waals surface area contributed by atoms with Gasteiger partial charge in [0, 0.05) is 13.0 Å². The summed E-state index contributed by atoms with van der Waals surface area (Å²) in [4.78, 5) is 28.8. The van der Waals surface area contributed by atoms with Crippen molar-refractivity contribution in [2.75, 3.05) is 13.7 Å². The van der Waals surface area contributed by atoms with E-state index in [-0.39, 0.29) is 24.2 Å². The van der Waals surface area contributed by atoms with Gasteiger partial charge in [-0.3, -0.25) is 5.10 Å². The summed E-state index contributed by atoms with van der Waals surface area (Å²) in [6, 6.07) is 15.7. The minimum absolute atomic E-state index is 0.0288. The molecular weight excluding hydrogens is 372 g/mol. The fraction of sp³-hybridized carbons (Fsp3) is 0.238. The molecule has 0 saturated carbocycles. The fourth-order valence-corrected chi connectivity index (χ4v) is 3.59. The Morgan fingerprint density at radius 3 is 2.28 bits per heavy atom. The number of hydrogen-bond acceptors (Lipinski definition) is 5. The van der Waals surface area contributed by atoms with Crippen LogP contribution in [0.3, 0.4) is 0 Å². The van der Waals surface area contributed by atoms with Crippen LogP contribution in [0.4, 0.5) is 4.79 Å². The SMILES string of the molecule is CC(c1nc(C(=O)O)n[nH]1)N(C)C(=O)OCC1c2ccccc2-c2ccccc21. The maximum Gasteiger partial charge on any atom is 0.410 e. The van der Waals surface area contributed by atoms with Crippen molar-refractivity contribution in [2.45, 2.75) is 18.9 Å². The number of nitrogens with one attached hydrogen (secondary N) is 1. The summed E-state index contributed by atoms with van der Waals surface area (Å²) in [5.74, 6) is -1.33. The molecule has 0 radical (unpaired) electrons. The highest BCUT2D eigenvalue weighted by Crippen LogP contribution is 2.44. The largest absolute Gasteiger partial charge is 0.475 e. The van der Waals surface area contributed by atoms with E-state index in [9.17, 15) is 9.59 Å². The van der Waals surface area contributed by atoms with Crippen molar-refractivity contribution in [2.24, 2.45) is 0 Å². The van der Waals surface area contributed by atoms with Gasteiger partial charge in [0.15, 0.2) is 0 Å². The van der Waals surface area contributed by atoms with Crippen molar-refractivity contribution in [3.05, 3.63) is 71.3 Å². The first-order chi connectivity index (χ1) is 14.0. The zero-order valence-corrected chi connectivity index (χ0v) is 16.0. The molecule has 2 aromatic carbocycles. The number of H-pyrrole nitrogens is 1. The molecule has 0 aliphatic heterocycles. The minimum Gasteiger partial charge on any atom is -0.475 e. The summed E-state index contributed by atoms with van der Waals surface area (Å²) in [5.41, 5.74) is 4.60. The number of benzene rings is 2. The van der Waals surface area contributed by atoms with Gasteiger partial charge in [0.1, 0.15) is 12.4 Å². The van der Waals surface area contributed by atoms with E-state index in [1.165, 1.54) is 4.90 Å². The second-order valence-electron chi connectivity index (χ2n) is 6.94. The molecule has 1 atom stereocenters. The molecule has 0 spiro atoms. The summed E-state index contributed by atoms with van der Waals surface area (Å²) < 4.78 is 5.61. The van der Waals surface area contributed by atoms with Gasteiger partial charge < -0.3 is 14.7 Å². The first kappa shape index (κ1) is 18.7. The average molecular weight is 392 g/mol. The summed E-state index contributed by atoms with van der Waals surface area (Å²) in [5, 5.41) is 15.1. The number of carbonyl (C=O) groups is 2. The topological polar surface area (TPSA) is 108 Å². The Hall–Kier alpha value is -3.68. The third kappa shape index (κ3) is 3.33. The first-order valence-electron chi connectivity index (χ1n) is 9.20. The Bertz CT molecular complexity index is 1030. The lowest BCUT2D eigenvalue weighted by atomic mass is 9.98. The van der Waals surface area contributed by atoms with Crippen LogP contribution < -0.4 is 0 Å². The highest BCUT2D eigenvalue weighted by Gasteiger charge is 2.30. The van der Waals surface area contributed by atoms with Crippen LogP contribution in [0.5, 0.6) is 0 Å². The smallest absolute Gasteiger partial charge is 0.410 e. The van der Waals surface area contributed by atoms with Crippen molar-refractivity contribution in [1.29, 1.82) is 0 Å². The predicted molar refractivity (Wildman–Crippen MR) is 105 cm³/mol. The second-order valence-corrected chi connectivity index (χ2v) is 6.94. The molecule has 1 amide bonds. The first-order valence-corrected chi connectivity index (χ1v) is 9.20. The van der Waals surface area contributed by atoms with E-state index in [0.29, 0.717) is 0 Å². The van der Waals surface area contributed by atoms with Crippen molar-refractivity contribution in [3.8, 4) is 11.1 Å². The summed E-state index contributed by atoms with van der Waals surface area (Å²) in [7, 11) is 1.58. The molecule has 1 aliphatic carbocycles. The zero-order chi connectivity index (χ0) is 20.5. The number of amides is 1. The van der Waals surface area contributed by atoms with E-state index in [1.54, 1.807) is 14.0 Å². The normalized spacial score (nSPS) is 13.4. The van der Waals surface area contributed by atoms with Crippen LogP contribution in [0.2, 0.25) is 0 Å². The van der Waals surface area contributed by atoms with E-state index in [0.717, 1.165) is 22.3 Å². The van der Waals surface area contributed by atoms with Crippen molar-refractivity contribution < 1.29 is 19.4 Å². The number of carbonyl (C=O) groups excluding carboxylic acids is 1. The van der Waals surface area contributed by atoms with E-state index < -0.39 is 18.1 Å². The molecular formula is C21H20N4O4. The number of fused-ring (bicyclic) bond motifs is 3. The van der Waals surface area contributed by atoms with Crippen molar-refractivity contribution in [1.82, 2.24) is 20.1 Å². The number of aromatic carboxylic acids is 1. The van der Waals surface area contributed by atoms with Gasteiger partial charge in [-0.2, -0.15) is 0 Å². The Labute approximate surface area is 167 Å². The lowest BCUT2D eigenvalue weighted by molar-refractivity contribution is 0.0684. The van der Waals surface area contributed by atoms with Crippen LogP contribution in [0, 0.1) is 0 Å². The quantitative estimate of drug-likeness (QED) is 0.688. The second kappa shape index (κ2) is 7.38. The standard InChI is InChI=1S/C21H20N4O4/c1-12(18-22-19(20(26)27)24-23-18)25(2)21(28)29-11-17-15-9-5-3-7-13(15)14-8-4-6-10-16(14)17/h3-10,12,17H,11H2,1-2H3,(H,26,27)(H,22,23,24). The van der Waals surface area contributed by atoms with E-state index in [1.807, 2.05) is 24.3 Å². The third-order valence-corrected chi connectivity index (χ3v) is 5.29. The Morgan fingerprint density at radius 2 is 1.72 bits per heavy atom. The molecule has 2 N–H and O–H groups in total. The van der Waals surface area contributed by atoms with E-state index in [2.05, 4.69) is 39.4 Å². The van der Waals surface area contributed by atoms with Gasteiger partial charge in [0.2, 0.25) is 0 Å². The van der Waals surface area contributed by atoms with Crippen LogP contribution in [0.25, 0.3) is 11.1 Å². The fourth-order valence-electron chi connectivity index (χ4n) is 3.59. The lowest BCUT2D eigenvalue weighted by Gasteiger charge is -2.23. The van der Waals surface area contributed by atoms with Crippen LogP contribution >= 0.6 is 0 Å². The van der Waals surface area contributed by atoms with Crippen molar-refractivity contribution >= 4 is 12.1 Å². The van der Waals surface area contributed by atoms with Crippen molar-refractivity contribution in [3.63, 3.8) is 0 Å². The number of nitrogens with zero attached hydrogens (tertiary/aromatic N) is 3. The Morgan fingerprint density at radius 1 is 1.14 bits per heavy atom. The minimum atomic E-state index is -1.23. The average Bonchev–Trinajstić information content (AvgIpc) is 3.35. The summed E-state index contributed by atoms with van der Waals surface area (Å²) in [6.07, 6.45) is -0.521. The highest BCUT2D eigenvalue weighted by molar-refractivity contribution is 5.83. The molecule has 4 rings (SSSR count). The Kier molecular flexibility index (Phi) is 4.75. The third-order valence-electron chi connectivity index (χ3n) is 5.29. The molecule has 0 fully saturated rings. The summed E-state index contributed by atoms with van der Waals surface area (Å²) >= 11 is 0. The molecule has 1 aliphatic rings. The van der Waals surface area contributed by atoms with E-state index >= 15 is 0 Å². The molecule has 8 nitrogen and oxygen atoms in total. The number of aromatic nitrogens is 3. The van der Waals surface area contributed by atoms with E-state index in [4.69, 9.17) is 9.84 Å². The lowest BCUT2D eigenvalue weighted by Crippen LogP contribution is -2.32. The summed E-state index contributed by atoms with van der Waals surface area (Å²) in [6.45, 7) is 1.92. The molecule has 29 heavy (non-hydrogen) atoms. The van der Waals surface area contributed by atoms with Gasteiger partial charge >= 0.3 is 12.1 Å². The molecule has 3 aromatic rings. The van der Waals surface area contributed by atoms with Gasteiger partial charge in [-0.25, -0.2) is 14.6 Å². The number of aromatic amines is 1. The van der Waals surface area contributed by atoms with Gasteiger partial charge in [-0.1, -0.05) is 48.5 Å². The van der Waals surface area contributed by atoms with Crippen LogP contribution in [0.15, 0.2) is 48.5 Å². The molecule has 0 bridgehead atoms. The molecule has 8 heteroatoms.